The molecule has 7 N–H and O–H groups in total. The molecular weight excluding hydrogens is 426 g/mol. The van der Waals surface area contributed by atoms with E-state index in [0.717, 1.165) is 19.3 Å². The van der Waals surface area contributed by atoms with Crippen LogP contribution < -0.4 is 10.5 Å². The van der Waals surface area contributed by atoms with Crippen LogP contribution in [0.1, 0.15) is 64.9 Å². The van der Waals surface area contributed by atoms with Crippen LogP contribution in [0.4, 0.5) is 0 Å². The maximum absolute atomic E-state index is 10.0. The lowest BCUT2D eigenvalue weighted by atomic mass is 10.2. The van der Waals surface area contributed by atoms with Gasteiger partial charge < -0.3 is 40.8 Å². The predicted octanol–water partition coefficient (Wildman–Crippen LogP) is 5.12. The first kappa shape index (κ1) is 32.1. The summed E-state index contributed by atoms with van der Waals surface area (Å²) in [6.45, 7) is 9.25. The molecule has 0 saturated heterocycles. The number of carbonyl (C=O) groups is 1. The molecule has 0 saturated carbocycles. The molecule has 0 aliphatic carbocycles. The Kier molecular flexibility index (Phi) is 20.2. The van der Waals surface area contributed by atoms with Crippen LogP contribution in [0.15, 0.2) is 30.3 Å². The average Bonchev–Trinajstić information content (AvgIpc) is 2.80. The van der Waals surface area contributed by atoms with Crippen molar-refractivity contribution in [3.05, 3.63) is 35.9 Å². The highest BCUT2D eigenvalue weighted by molar-refractivity contribution is 5.50. The van der Waals surface area contributed by atoms with Gasteiger partial charge >= 0.3 is 0 Å². The number of aromatic hydroxyl groups is 5. The SMILES string of the molecule is CCCCCC.CCCN.Cc1c(O)cc(O)cc1OCCC=O.Oc1cccc(O)c1O. The van der Waals surface area contributed by atoms with E-state index in [1.54, 1.807) is 6.92 Å². The first-order valence-corrected chi connectivity index (χ1v) is 11.2. The molecule has 0 aliphatic rings. The number of hydrogen-bond acceptors (Lipinski definition) is 8. The average molecular weight is 468 g/mol. The molecular formula is C25H41NO7. The highest BCUT2D eigenvalue weighted by Crippen LogP contribution is 2.33. The monoisotopic (exact) mass is 467 g/mol. The number of aldehydes is 1. The summed E-state index contributed by atoms with van der Waals surface area (Å²) in [5.41, 5.74) is 5.58. The number of nitrogens with two attached hydrogens (primary N) is 1. The lowest BCUT2D eigenvalue weighted by Crippen LogP contribution is -1.99. The third-order valence-corrected chi connectivity index (χ3v) is 4.05. The van der Waals surface area contributed by atoms with Gasteiger partial charge in [-0.15, -0.1) is 0 Å². The van der Waals surface area contributed by atoms with Crippen molar-refractivity contribution in [2.75, 3.05) is 13.2 Å². The van der Waals surface area contributed by atoms with Crippen LogP contribution in [-0.2, 0) is 4.79 Å². The van der Waals surface area contributed by atoms with E-state index in [9.17, 15) is 9.90 Å². The van der Waals surface area contributed by atoms with Gasteiger partial charge in [0.05, 0.1) is 6.61 Å². The molecule has 0 fully saturated rings. The van der Waals surface area contributed by atoms with Crippen LogP contribution in [0.3, 0.4) is 0 Å². The Labute approximate surface area is 197 Å². The van der Waals surface area contributed by atoms with E-state index in [1.165, 1.54) is 56.0 Å². The second-order valence-corrected chi connectivity index (χ2v) is 7.03. The van der Waals surface area contributed by atoms with Gasteiger partial charge in [-0.3, -0.25) is 0 Å². The molecule has 0 atom stereocenters. The number of phenols is 5. The molecule has 0 spiro atoms. The lowest BCUT2D eigenvalue weighted by Gasteiger charge is -2.09. The fourth-order valence-corrected chi connectivity index (χ4v) is 2.05. The molecule has 0 bridgehead atoms. The van der Waals surface area contributed by atoms with Crippen LogP contribution in [0.25, 0.3) is 0 Å². The second-order valence-electron chi connectivity index (χ2n) is 7.03. The van der Waals surface area contributed by atoms with E-state index in [0.29, 0.717) is 11.3 Å². The third kappa shape index (κ3) is 16.2. The molecule has 33 heavy (non-hydrogen) atoms. The van der Waals surface area contributed by atoms with Gasteiger partial charge in [0.1, 0.15) is 23.5 Å². The van der Waals surface area contributed by atoms with Crippen LogP contribution in [-0.4, -0.2) is 45.0 Å². The van der Waals surface area contributed by atoms with Crippen molar-refractivity contribution in [1.82, 2.24) is 0 Å². The smallest absolute Gasteiger partial charge is 0.200 e. The molecule has 8 nitrogen and oxygen atoms in total. The molecule has 8 heteroatoms. The zero-order chi connectivity index (χ0) is 25.6. The normalized spacial score (nSPS) is 9.24. The quantitative estimate of drug-likeness (QED) is 0.178. The van der Waals surface area contributed by atoms with Crippen LogP contribution in [0.5, 0.6) is 34.5 Å². The molecule has 0 unspecified atom stereocenters. The van der Waals surface area contributed by atoms with E-state index in [4.69, 9.17) is 30.9 Å². The minimum Gasteiger partial charge on any atom is -0.508 e. The standard InChI is InChI=1S/C10H12O4.C6H6O3.C6H14.C3H9N/c1-7-9(13)5-8(12)6-10(7)14-4-2-3-11;7-4-2-1-3-5(8)6(4)9;1-3-5-6-4-2;1-2-3-4/h3,5-6,12-13H,2,4H2,1H3;1-3,7-9H;3-6H2,1-2H3;2-4H2,1H3. The zero-order valence-corrected chi connectivity index (χ0v) is 20.3. The van der Waals surface area contributed by atoms with Crippen LogP contribution in [0.2, 0.25) is 0 Å². The van der Waals surface area contributed by atoms with Crippen LogP contribution in [0, 0.1) is 6.92 Å². The topological polar surface area (TPSA) is 153 Å². The Bertz CT molecular complexity index is 740. The van der Waals surface area contributed by atoms with Crippen molar-refractivity contribution >= 4 is 6.29 Å². The number of carbonyl (C=O) groups excluding carboxylic acids is 1. The first-order chi connectivity index (χ1) is 15.7. The van der Waals surface area contributed by atoms with Crippen molar-refractivity contribution in [2.24, 2.45) is 5.73 Å². The Morgan fingerprint density at radius 1 is 0.879 bits per heavy atom. The minimum absolute atomic E-state index is 0.0221. The molecule has 0 aliphatic heterocycles. The maximum atomic E-state index is 10.0. The summed E-state index contributed by atoms with van der Waals surface area (Å²) in [7, 11) is 0. The number of benzene rings is 2. The highest BCUT2D eigenvalue weighted by atomic mass is 16.5. The number of para-hydroxylation sites is 1. The summed E-state index contributed by atoms with van der Waals surface area (Å²) in [4.78, 5) is 10.0. The lowest BCUT2D eigenvalue weighted by molar-refractivity contribution is -0.108. The summed E-state index contributed by atoms with van der Waals surface area (Å²) in [6.07, 6.45) is 7.67. The predicted molar refractivity (Wildman–Crippen MR) is 131 cm³/mol. The molecule has 2 aromatic rings. The van der Waals surface area contributed by atoms with E-state index in [-0.39, 0.29) is 36.0 Å². The van der Waals surface area contributed by atoms with Crippen molar-refractivity contribution in [3.8, 4) is 34.5 Å². The summed E-state index contributed by atoms with van der Waals surface area (Å²) in [5, 5.41) is 44.6. The molecule has 2 aromatic carbocycles. The van der Waals surface area contributed by atoms with E-state index >= 15 is 0 Å². The summed E-state index contributed by atoms with van der Waals surface area (Å²) in [6, 6.07) is 6.65. The van der Waals surface area contributed by atoms with Crippen LogP contribution >= 0.6 is 0 Å². The Morgan fingerprint density at radius 3 is 1.79 bits per heavy atom. The molecule has 0 amide bonds. The van der Waals surface area contributed by atoms with Gasteiger partial charge in [-0.2, -0.15) is 0 Å². The number of unbranched alkanes of at least 4 members (excludes halogenated alkanes) is 3. The summed E-state index contributed by atoms with van der Waals surface area (Å²) >= 11 is 0. The maximum Gasteiger partial charge on any atom is 0.200 e. The number of phenolic OH excluding ortho intramolecular Hbond substituents is 5. The number of rotatable bonds is 8. The van der Waals surface area contributed by atoms with Crippen molar-refractivity contribution in [2.45, 2.75) is 66.2 Å². The second kappa shape index (κ2) is 20.8. The number of hydrogen-bond donors (Lipinski definition) is 6. The Hall–Kier alpha value is -3.13. The largest absolute Gasteiger partial charge is 0.508 e. The number of ether oxygens (including phenoxy) is 1. The highest BCUT2D eigenvalue weighted by Gasteiger charge is 2.06. The Balaban J connectivity index is 0. The molecule has 0 aromatic heterocycles. The fraction of sp³-hybridized carbons (Fsp3) is 0.480. The summed E-state index contributed by atoms with van der Waals surface area (Å²) < 4.78 is 5.19. The van der Waals surface area contributed by atoms with E-state index in [2.05, 4.69) is 20.8 Å². The molecule has 0 heterocycles. The molecule has 0 radical (unpaired) electrons. The molecule has 188 valence electrons. The molecule has 2 rings (SSSR count). The summed E-state index contributed by atoms with van der Waals surface area (Å²) in [5.74, 6) is -0.785. The zero-order valence-electron chi connectivity index (χ0n) is 20.3. The van der Waals surface area contributed by atoms with Gasteiger partial charge in [0.2, 0.25) is 0 Å². The van der Waals surface area contributed by atoms with Gasteiger partial charge in [0, 0.05) is 24.1 Å². The first-order valence-electron chi connectivity index (χ1n) is 11.2. The Morgan fingerprint density at radius 2 is 1.39 bits per heavy atom. The van der Waals surface area contributed by atoms with Gasteiger partial charge in [0.15, 0.2) is 17.2 Å². The van der Waals surface area contributed by atoms with Crippen molar-refractivity contribution < 1.29 is 35.1 Å². The third-order valence-electron chi connectivity index (χ3n) is 4.05. The van der Waals surface area contributed by atoms with E-state index in [1.807, 2.05) is 0 Å². The van der Waals surface area contributed by atoms with Crippen molar-refractivity contribution in [1.29, 1.82) is 0 Å². The van der Waals surface area contributed by atoms with Gasteiger partial charge in [-0.1, -0.05) is 52.5 Å². The minimum atomic E-state index is -0.475. The van der Waals surface area contributed by atoms with Gasteiger partial charge in [0.25, 0.3) is 0 Å². The van der Waals surface area contributed by atoms with E-state index < -0.39 is 5.75 Å². The van der Waals surface area contributed by atoms with Crippen molar-refractivity contribution in [3.63, 3.8) is 0 Å². The van der Waals surface area contributed by atoms with Gasteiger partial charge in [-0.25, -0.2) is 0 Å². The fourth-order valence-electron chi connectivity index (χ4n) is 2.05. The van der Waals surface area contributed by atoms with Gasteiger partial charge in [-0.05, 0) is 32.0 Å².